The molecule has 0 aliphatic carbocycles. The summed E-state index contributed by atoms with van der Waals surface area (Å²) >= 11 is 7.64. The Kier molecular flexibility index (Phi) is 8.40. The number of hydrogen-bond acceptors (Lipinski definition) is 0. The predicted octanol–water partition coefficient (Wildman–Crippen LogP) is 2.78. The molecule has 0 amide bonds. The van der Waals surface area contributed by atoms with E-state index in [0.29, 0.717) is 4.35 Å². The summed E-state index contributed by atoms with van der Waals surface area (Å²) in [6, 6.07) is 11.0. The van der Waals surface area contributed by atoms with Crippen LogP contribution in [0.25, 0.3) is 0 Å². The van der Waals surface area contributed by atoms with Crippen molar-refractivity contribution < 1.29 is 19.2 Å². The summed E-state index contributed by atoms with van der Waals surface area (Å²) in [5, 5.41) is 0. The summed E-state index contributed by atoms with van der Waals surface area (Å²) in [6.07, 6.45) is 1.12. The normalized spacial score (nSPS) is 8.36. The number of alkyl halides is 1. The number of halogens is 1. The molecule has 0 heterocycles. The Morgan fingerprint density at radius 2 is 1.91 bits per heavy atom. The Labute approximate surface area is 84.4 Å². The second-order valence-electron chi connectivity index (χ2n) is 1.85. The summed E-state index contributed by atoms with van der Waals surface area (Å²) in [7, 11) is 0. The van der Waals surface area contributed by atoms with Crippen LogP contribution in [-0.4, -0.2) is 4.35 Å². The third-order valence-corrected chi connectivity index (χ3v) is 1.20. The number of aryl methyl sites for hydroxylation is 1. The van der Waals surface area contributed by atoms with E-state index in [9.17, 15) is 0 Å². The minimum absolute atomic E-state index is 0.572. The predicted molar refractivity (Wildman–Crippen MR) is 45.4 cm³/mol. The first-order valence-corrected chi connectivity index (χ1v) is 5.01. The number of rotatable bonds is 1. The van der Waals surface area contributed by atoms with Crippen LogP contribution in [0.15, 0.2) is 24.3 Å². The van der Waals surface area contributed by atoms with Crippen molar-refractivity contribution in [3.05, 3.63) is 35.9 Å². The van der Waals surface area contributed by atoms with Crippen molar-refractivity contribution in [3.63, 3.8) is 0 Å². The van der Waals surface area contributed by atoms with Gasteiger partial charge < -0.3 is 0 Å². The van der Waals surface area contributed by atoms with Crippen molar-refractivity contribution in [3.8, 4) is 0 Å². The fourth-order valence-corrected chi connectivity index (χ4v) is 0.657. The van der Waals surface area contributed by atoms with Crippen molar-refractivity contribution in [2.24, 2.45) is 0 Å². The molecule has 0 atom stereocenters. The van der Waals surface area contributed by atoms with E-state index in [1.165, 1.54) is 5.56 Å². The van der Waals surface area contributed by atoms with E-state index in [-0.39, 0.29) is 0 Å². The molecule has 0 aliphatic rings. The van der Waals surface area contributed by atoms with Crippen molar-refractivity contribution in [1.29, 1.82) is 0 Å². The molecule has 2 heteroatoms. The molecular formula is C9H11ClPd. The first-order chi connectivity index (χ1) is 5.35. The molecule has 0 fully saturated rings. The van der Waals surface area contributed by atoms with E-state index in [0.717, 1.165) is 6.42 Å². The molecule has 0 bridgehead atoms. The van der Waals surface area contributed by atoms with E-state index >= 15 is 0 Å². The third-order valence-electron chi connectivity index (χ3n) is 1.20. The third kappa shape index (κ3) is 6.57. The van der Waals surface area contributed by atoms with Crippen LogP contribution in [0.4, 0.5) is 0 Å². The Hall–Kier alpha value is 0.172. The Balaban J connectivity index is 0.000000292. The molecule has 11 heavy (non-hydrogen) atoms. The average molecular weight is 261 g/mol. The van der Waals surface area contributed by atoms with E-state index in [2.05, 4.69) is 44.3 Å². The zero-order valence-corrected chi connectivity index (χ0v) is 8.73. The molecule has 1 radical (unpaired) electrons. The molecule has 0 aliphatic heterocycles. The van der Waals surface area contributed by atoms with Gasteiger partial charge in [-0.25, -0.2) is 0 Å². The van der Waals surface area contributed by atoms with Crippen molar-refractivity contribution in [1.82, 2.24) is 0 Å². The first kappa shape index (κ1) is 11.2. The first-order valence-electron chi connectivity index (χ1n) is 3.37. The molecule has 0 spiro atoms. The molecule has 0 unspecified atom stereocenters. The second kappa shape index (κ2) is 8.27. The average Bonchev–Trinajstić information content (AvgIpc) is 2.08. The summed E-state index contributed by atoms with van der Waals surface area (Å²) in [6.45, 7) is 2.15. The molecular weight excluding hydrogens is 250 g/mol. The van der Waals surface area contributed by atoms with Crippen LogP contribution in [0.2, 0.25) is 0 Å². The van der Waals surface area contributed by atoms with Gasteiger partial charge in [-0.3, -0.25) is 0 Å². The van der Waals surface area contributed by atoms with Gasteiger partial charge in [0.2, 0.25) is 0 Å². The quantitative estimate of drug-likeness (QED) is 0.538. The topological polar surface area (TPSA) is 0 Å². The maximum absolute atomic E-state index is 4.93. The monoisotopic (exact) mass is 260 g/mol. The van der Waals surface area contributed by atoms with Crippen LogP contribution < -0.4 is 0 Å². The van der Waals surface area contributed by atoms with E-state index in [1.54, 1.807) is 0 Å². The fourth-order valence-electron chi connectivity index (χ4n) is 0.657. The zero-order chi connectivity index (χ0) is 8.53. The summed E-state index contributed by atoms with van der Waals surface area (Å²) in [5.74, 6) is 0. The van der Waals surface area contributed by atoms with Gasteiger partial charge >= 0.3 is 35.2 Å². The van der Waals surface area contributed by atoms with Crippen molar-refractivity contribution >= 4 is 11.6 Å². The van der Waals surface area contributed by atoms with Gasteiger partial charge in [0.05, 0.1) is 0 Å². The van der Waals surface area contributed by atoms with Gasteiger partial charge in [-0.2, -0.15) is 0 Å². The van der Waals surface area contributed by atoms with Crippen LogP contribution in [0.1, 0.15) is 12.5 Å². The van der Waals surface area contributed by atoms with Crippen molar-refractivity contribution in [2.45, 2.75) is 13.3 Å². The molecule has 64 valence electrons. The van der Waals surface area contributed by atoms with E-state index in [4.69, 9.17) is 11.6 Å². The molecule has 0 aromatic heterocycles. The summed E-state index contributed by atoms with van der Waals surface area (Å²) in [5.41, 5.74) is 1.38. The van der Waals surface area contributed by atoms with Gasteiger partial charge in [-0.05, 0) is 18.1 Å². The summed E-state index contributed by atoms with van der Waals surface area (Å²) in [4.78, 5) is 0. The number of benzene rings is 1. The maximum atomic E-state index is 4.93. The zero-order valence-electron chi connectivity index (χ0n) is 6.42. The van der Waals surface area contributed by atoms with Crippen LogP contribution in [-0.2, 0) is 25.6 Å². The standard InChI is InChI=1S/C8H9.CH2Cl.Pd/c1-2-8-6-4-3-5-7-8;1-2;/h4-7H,2H2,1H3;1H2;. The van der Waals surface area contributed by atoms with Crippen LogP contribution in [0, 0.1) is 6.07 Å². The Bertz CT molecular complexity index is 162. The molecule has 0 N–H and O–H groups in total. The van der Waals surface area contributed by atoms with Crippen LogP contribution >= 0.6 is 11.6 Å². The van der Waals surface area contributed by atoms with Gasteiger partial charge in [0.1, 0.15) is 0 Å². The molecule has 0 saturated heterocycles. The van der Waals surface area contributed by atoms with E-state index in [1.807, 2.05) is 12.1 Å². The molecule has 1 rings (SSSR count). The van der Waals surface area contributed by atoms with Gasteiger partial charge in [0, 0.05) is 0 Å². The molecule has 0 saturated carbocycles. The minimum atomic E-state index is 0.572. The second-order valence-corrected chi connectivity index (χ2v) is 3.26. The molecule has 0 nitrogen and oxygen atoms in total. The fraction of sp³-hybridized carbons (Fsp3) is 0.333. The van der Waals surface area contributed by atoms with Crippen molar-refractivity contribution in [2.75, 3.05) is 4.35 Å². The van der Waals surface area contributed by atoms with Gasteiger partial charge in [-0.15, -0.1) is 0 Å². The van der Waals surface area contributed by atoms with Gasteiger partial charge in [0.25, 0.3) is 0 Å². The van der Waals surface area contributed by atoms with E-state index < -0.39 is 0 Å². The SMILES string of the molecule is CCc1cc[c]cc1.Cl[CH2][Pd]. The van der Waals surface area contributed by atoms with Crippen LogP contribution in [0.5, 0.6) is 0 Å². The number of hydrogen-bond donors (Lipinski definition) is 0. The Morgan fingerprint density at radius 1 is 1.45 bits per heavy atom. The van der Waals surface area contributed by atoms with Crippen LogP contribution in [0.3, 0.4) is 0 Å². The summed E-state index contributed by atoms with van der Waals surface area (Å²) < 4.78 is 0.572. The van der Waals surface area contributed by atoms with Gasteiger partial charge in [-0.1, -0.05) is 31.2 Å². The Morgan fingerprint density at radius 3 is 2.18 bits per heavy atom. The molecule has 1 aromatic carbocycles. The van der Waals surface area contributed by atoms with Gasteiger partial charge in [0.15, 0.2) is 0 Å². The molecule has 1 aromatic rings.